The van der Waals surface area contributed by atoms with Crippen LogP contribution in [-0.4, -0.2) is 14.3 Å². The van der Waals surface area contributed by atoms with E-state index >= 15 is 0 Å². The highest BCUT2D eigenvalue weighted by Crippen LogP contribution is 2.31. The van der Waals surface area contributed by atoms with Gasteiger partial charge in [0.1, 0.15) is 0 Å². The van der Waals surface area contributed by atoms with Gasteiger partial charge in [-0.3, -0.25) is 9.52 Å². The zero-order valence-corrected chi connectivity index (χ0v) is 17.7. The van der Waals surface area contributed by atoms with Gasteiger partial charge >= 0.3 is 0 Å². The van der Waals surface area contributed by atoms with Crippen molar-refractivity contribution in [1.82, 2.24) is 0 Å². The van der Waals surface area contributed by atoms with Crippen molar-refractivity contribution in [1.29, 1.82) is 0 Å². The zero-order chi connectivity index (χ0) is 21.2. The molecule has 0 radical (unpaired) electrons. The lowest BCUT2D eigenvalue weighted by atomic mass is 10.2. The summed E-state index contributed by atoms with van der Waals surface area (Å²) >= 11 is 17.9. The Bertz CT molecular complexity index is 1180. The van der Waals surface area contributed by atoms with E-state index in [9.17, 15) is 13.2 Å². The number of amides is 1. The maximum absolute atomic E-state index is 12.7. The zero-order valence-electron chi connectivity index (χ0n) is 14.6. The van der Waals surface area contributed by atoms with Crippen LogP contribution in [0, 0.1) is 0 Å². The molecule has 0 heterocycles. The lowest BCUT2D eigenvalue weighted by molar-refractivity contribution is 0.102. The number of nitrogen functional groups attached to an aromatic ring is 1. The van der Waals surface area contributed by atoms with E-state index in [0.29, 0.717) is 5.69 Å². The molecule has 3 aromatic rings. The number of para-hydroxylation sites is 1. The molecule has 0 atom stereocenters. The Hall–Kier alpha value is -2.45. The van der Waals surface area contributed by atoms with Crippen molar-refractivity contribution in [2.75, 3.05) is 15.8 Å². The van der Waals surface area contributed by atoms with Crippen molar-refractivity contribution in [3.05, 3.63) is 81.3 Å². The molecule has 3 rings (SSSR count). The van der Waals surface area contributed by atoms with Crippen molar-refractivity contribution < 1.29 is 13.2 Å². The minimum Gasteiger partial charge on any atom is -0.396 e. The second-order valence-corrected chi connectivity index (χ2v) is 8.82. The van der Waals surface area contributed by atoms with E-state index in [2.05, 4.69) is 10.0 Å². The Morgan fingerprint density at radius 3 is 2.17 bits per heavy atom. The van der Waals surface area contributed by atoms with Crippen LogP contribution < -0.4 is 15.8 Å². The van der Waals surface area contributed by atoms with Crippen LogP contribution in [-0.2, 0) is 10.0 Å². The van der Waals surface area contributed by atoms with E-state index in [0.717, 1.165) is 0 Å². The fourth-order valence-corrected chi connectivity index (χ4v) is 4.26. The topological polar surface area (TPSA) is 101 Å². The lowest BCUT2D eigenvalue weighted by Crippen LogP contribution is -2.16. The van der Waals surface area contributed by atoms with Crippen LogP contribution in [0.2, 0.25) is 15.1 Å². The largest absolute Gasteiger partial charge is 0.396 e. The summed E-state index contributed by atoms with van der Waals surface area (Å²) in [5.41, 5.74) is 6.55. The van der Waals surface area contributed by atoms with Gasteiger partial charge in [0.15, 0.2) is 0 Å². The molecule has 10 heteroatoms. The van der Waals surface area contributed by atoms with Crippen LogP contribution in [0.1, 0.15) is 10.4 Å². The monoisotopic (exact) mass is 469 g/mol. The Kier molecular flexibility index (Phi) is 6.24. The van der Waals surface area contributed by atoms with E-state index < -0.39 is 15.9 Å². The number of halogens is 3. The van der Waals surface area contributed by atoms with Gasteiger partial charge in [0, 0.05) is 11.3 Å². The predicted molar refractivity (Wildman–Crippen MR) is 118 cm³/mol. The lowest BCUT2D eigenvalue weighted by Gasteiger charge is -2.11. The molecule has 3 aromatic carbocycles. The van der Waals surface area contributed by atoms with Crippen molar-refractivity contribution in [3.63, 3.8) is 0 Å². The first-order chi connectivity index (χ1) is 13.7. The van der Waals surface area contributed by atoms with Crippen LogP contribution in [0.4, 0.5) is 17.1 Å². The maximum atomic E-state index is 12.7. The van der Waals surface area contributed by atoms with Crippen LogP contribution in [0.25, 0.3) is 0 Å². The van der Waals surface area contributed by atoms with Crippen LogP contribution in [0.3, 0.4) is 0 Å². The summed E-state index contributed by atoms with van der Waals surface area (Å²) in [6, 6.07) is 14.9. The van der Waals surface area contributed by atoms with E-state index in [1.807, 2.05) is 0 Å². The van der Waals surface area contributed by atoms with Gasteiger partial charge in [0.25, 0.3) is 15.9 Å². The normalized spacial score (nSPS) is 11.1. The SMILES string of the molecule is Nc1c(Cl)cc(NC(=O)c2cccc(S(=O)(=O)Nc3ccccc3Cl)c2)cc1Cl. The number of hydrogen-bond acceptors (Lipinski definition) is 4. The Balaban J connectivity index is 1.85. The predicted octanol–water partition coefficient (Wildman–Crippen LogP) is 5.28. The quantitative estimate of drug-likeness (QED) is 0.441. The average Bonchev–Trinajstić information content (AvgIpc) is 2.68. The first-order valence-corrected chi connectivity index (χ1v) is 10.7. The van der Waals surface area contributed by atoms with E-state index in [1.54, 1.807) is 18.2 Å². The van der Waals surface area contributed by atoms with E-state index in [1.165, 1.54) is 42.5 Å². The minimum absolute atomic E-state index is 0.0987. The molecule has 0 saturated carbocycles. The Morgan fingerprint density at radius 1 is 0.862 bits per heavy atom. The number of benzene rings is 3. The molecule has 0 aromatic heterocycles. The van der Waals surface area contributed by atoms with Gasteiger partial charge in [0.2, 0.25) is 0 Å². The molecule has 0 saturated heterocycles. The van der Waals surface area contributed by atoms with Gasteiger partial charge in [-0.25, -0.2) is 8.42 Å². The van der Waals surface area contributed by atoms with E-state index in [-0.39, 0.29) is 36.9 Å². The number of rotatable bonds is 5. The maximum Gasteiger partial charge on any atom is 0.261 e. The number of sulfonamides is 1. The van der Waals surface area contributed by atoms with Crippen molar-refractivity contribution in [3.8, 4) is 0 Å². The molecule has 150 valence electrons. The van der Waals surface area contributed by atoms with Gasteiger partial charge in [-0.2, -0.15) is 0 Å². The summed E-state index contributed by atoms with van der Waals surface area (Å²) in [5, 5.41) is 3.23. The van der Waals surface area contributed by atoms with Gasteiger partial charge in [-0.05, 0) is 42.5 Å². The molecule has 4 N–H and O–H groups in total. The summed E-state index contributed by atoms with van der Waals surface area (Å²) in [7, 11) is -3.96. The first kappa shape index (κ1) is 21.3. The van der Waals surface area contributed by atoms with Gasteiger partial charge in [-0.15, -0.1) is 0 Å². The third-order valence-corrected chi connectivity index (χ3v) is 6.18. The first-order valence-electron chi connectivity index (χ1n) is 8.10. The van der Waals surface area contributed by atoms with Crippen molar-refractivity contribution in [2.24, 2.45) is 0 Å². The molecule has 0 bridgehead atoms. The highest BCUT2D eigenvalue weighted by molar-refractivity contribution is 7.92. The summed E-state index contributed by atoms with van der Waals surface area (Å²) in [5.74, 6) is -0.545. The highest BCUT2D eigenvalue weighted by Gasteiger charge is 2.18. The molecule has 0 fully saturated rings. The minimum atomic E-state index is -3.96. The number of carbonyl (C=O) groups is 1. The summed E-state index contributed by atoms with van der Waals surface area (Å²) in [4.78, 5) is 12.4. The fourth-order valence-electron chi connectivity index (χ4n) is 2.41. The average molecular weight is 471 g/mol. The van der Waals surface area contributed by atoms with E-state index in [4.69, 9.17) is 40.5 Å². The second kappa shape index (κ2) is 8.51. The molecule has 0 unspecified atom stereocenters. The summed E-state index contributed by atoms with van der Waals surface area (Å²) < 4.78 is 27.7. The third kappa shape index (κ3) is 4.94. The van der Waals surface area contributed by atoms with Crippen molar-refractivity contribution >= 4 is 67.8 Å². The highest BCUT2D eigenvalue weighted by atomic mass is 35.5. The molecule has 0 aliphatic heterocycles. The summed E-state index contributed by atoms with van der Waals surface area (Å²) in [6.07, 6.45) is 0. The summed E-state index contributed by atoms with van der Waals surface area (Å²) in [6.45, 7) is 0. The Labute approximate surface area is 182 Å². The van der Waals surface area contributed by atoms with Crippen LogP contribution >= 0.6 is 34.8 Å². The second-order valence-electron chi connectivity index (χ2n) is 5.92. The van der Waals surface area contributed by atoms with Gasteiger partial charge in [-0.1, -0.05) is 53.0 Å². The molecule has 6 nitrogen and oxygen atoms in total. The number of anilines is 3. The van der Waals surface area contributed by atoms with Crippen LogP contribution in [0.5, 0.6) is 0 Å². The number of carbonyl (C=O) groups excluding carboxylic acids is 1. The van der Waals surface area contributed by atoms with Gasteiger partial charge in [0.05, 0.1) is 31.3 Å². The number of hydrogen-bond donors (Lipinski definition) is 3. The van der Waals surface area contributed by atoms with Crippen LogP contribution in [0.15, 0.2) is 65.6 Å². The number of nitrogens with one attached hydrogen (secondary N) is 2. The molecule has 0 aliphatic carbocycles. The Morgan fingerprint density at radius 2 is 1.52 bits per heavy atom. The molecule has 0 spiro atoms. The van der Waals surface area contributed by atoms with Crippen molar-refractivity contribution in [2.45, 2.75) is 4.90 Å². The molecule has 0 aliphatic rings. The fraction of sp³-hybridized carbons (Fsp3) is 0. The third-order valence-electron chi connectivity index (χ3n) is 3.86. The van der Waals surface area contributed by atoms with Gasteiger partial charge < -0.3 is 11.1 Å². The standard InChI is InChI=1S/C19H14Cl3N3O3S/c20-14-6-1-2-7-17(14)25-29(27,28)13-5-3-4-11(8-13)19(26)24-12-9-15(21)18(23)16(22)10-12/h1-10,25H,23H2,(H,24,26). The molecule has 29 heavy (non-hydrogen) atoms. The smallest absolute Gasteiger partial charge is 0.261 e. The molecular formula is C19H14Cl3N3O3S. The molecule has 1 amide bonds. The number of nitrogens with two attached hydrogens (primary N) is 1. The molecular weight excluding hydrogens is 457 g/mol.